The molecule has 0 saturated carbocycles. The summed E-state index contributed by atoms with van der Waals surface area (Å²) >= 11 is 3.30. The highest BCUT2D eigenvalue weighted by molar-refractivity contribution is 8.00. The number of benzene rings is 1. The molecule has 37 heavy (non-hydrogen) atoms. The average Bonchev–Trinajstić information content (AvgIpc) is 3.61. The summed E-state index contributed by atoms with van der Waals surface area (Å²) in [7, 11) is 0. The van der Waals surface area contributed by atoms with Gasteiger partial charge < -0.3 is 10.1 Å². The number of thioether (sulfide) groups is 1. The average molecular weight is 539 g/mol. The summed E-state index contributed by atoms with van der Waals surface area (Å²) in [6.07, 6.45) is 2.01. The third-order valence-corrected chi connectivity index (χ3v) is 9.02. The molecule has 196 valence electrons. The number of aromatic nitrogens is 2. The SMILES string of the molecule is Cc1cccc(-n2nc(C(C)(C)C)c3c2N(CC(=O)NCC2CCCO2)C(=O)CSC3c2cccs2)c1. The summed E-state index contributed by atoms with van der Waals surface area (Å²) in [5.74, 6) is 0.694. The van der Waals surface area contributed by atoms with Gasteiger partial charge in [-0.15, -0.1) is 23.1 Å². The second-order valence-electron chi connectivity index (χ2n) is 10.7. The maximum absolute atomic E-state index is 13.7. The second kappa shape index (κ2) is 10.6. The highest BCUT2D eigenvalue weighted by Gasteiger charge is 2.40. The van der Waals surface area contributed by atoms with Crippen LogP contribution in [0.4, 0.5) is 5.82 Å². The number of ether oxygens (including phenoxy) is 1. The molecule has 0 bridgehead atoms. The zero-order valence-electron chi connectivity index (χ0n) is 21.8. The molecule has 2 aliphatic rings. The van der Waals surface area contributed by atoms with Crippen molar-refractivity contribution in [2.24, 2.45) is 0 Å². The molecule has 7 nitrogen and oxygen atoms in total. The van der Waals surface area contributed by atoms with Gasteiger partial charge in [-0.25, -0.2) is 4.68 Å². The number of aryl methyl sites for hydroxylation is 1. The van der Waals surface area contributed by atoms with E-state index in [-0.39, 0.29) is 40.9 Å². The molecule has 2 unspecified atom stereocenters. The van der Waals surface area contributed by atoms with Crippen molar-refractivity contribution in [3.8, 4) is 5.69 Å². The lowest BCUT2D eigenvalue weighted by molar-refractivity contribution is -0.123. The van der Waals surface area contributed by atoms with E-state index >= 15 is 0 Å². The van der Waals surface area contributed by atoms with Crippen molar-refractivity contribution in [3.05, 3.63) is 63.5 Å². The van der Waals surface area contributed by atoms with E-state index in [1.165, 1.54) is 4.88 Å². The van der Waals surface area contributed by atoms with E-state index in [9.17, 15) is 9.59 Å². The van der Waals surface area contributed by atoms with Crippen molar-refractivity contribution < 1.29 is 14.3 Å². The number of carbonyl (C=O) groups is 2. The first-order chi connectivity index (χ1) is 17.7. The molecule has 2 atom stereocenters. The van der Waals surface area contributed by atoms with Crippen molar-refractivity contribution in [1.82, 2.24) is 15.1 Å². The summed E-state index contributed by atoms with van der Waals surface area (Å²) in [5, 5.41) is 10.2. The topological polar surface area (TPSA) is 76.5 Å². The summed E-state index contributed by atoms with van der Waals surface area (Å²) in [6, 6.07) is 12.3. The lowest BCUT2D eigenvalue weighted by Gasteiger charge is -2.24. The van der Waals surface area contributed by atoms with Gasteiger partial charge in [0.1, 0.15) is 12.4 Å². The first-order valence-corrected chi connectivity index (χ1v) is 14.7. The summed E-state index contributed by atoms with van der Waals surface area (Å²) in [5.41, 5.74) is 3.66. The Bertz CT molecular complexity index is 1270. The third kappa shape index (κ3) is 5.49. The lowest BCUT2D eigenvalue weighted by atomic mass is 9.88. The Balaban J connectivity index is 1.63. The zero-order chi connectivity index (χ0) is 26.2. The van der Waals surface area contributed by atoms with Crippen molar-refractivity contribution in [1.29, 1.82) is 0 Å². The number of carbonyl (C=O) groups excluding carboxylic acids is 2. The molecule has 2 aliphatic heterocycles. The molecule has 1 aromatic carbocycles. The van der Waals surface area contributed by atoms with E-state index in [1.54, 1.807) is 28.0 Å². The first kappa shape index (κ1) is 26.0. The first-order valence-electron chi connectivity index (χ1n) is 12.8. The van der Waals surface area contributed by atoms with E-state index in [0.717, 1.165) is 42.0 Å². The minimum atomic E-state index is -0.268. The molecule has 1 fully saturated rings. The van der Waals surface area contributed by atoms with Crippen molar-refractivity contribution in [2.75, 3.05) is 30.3 Å². The lowest BCUT2D eigenvalue weighted by Crippen LogP contribution is -2.44. The molecule has 1 N–H and O–H groups in total. The van der Waals surface area contributed by atoms with Gasteiger partial charge in [0.05, 0.1) is 28.5 Å². The number of rotatable bonds is 6. The van der Waals surface area contributed by atoms with Crippen LogP contribution in [0, 0.1) is 6.92 Å². The fourth-order valence-corrected chi connectivity index (χ4v) is 7.09. The summed E-state index contributed by atoms with van der Waals surface area (Å²) < 4.78 is 7.54. The maximum atomic E-state index is 13.7. The fraction of sp³-hybridized carbons (Fsp3) is 0.464. The van der Waals surface area contributed by atoms with Crippen LogP contribution in [0.2, 0.25) is 0 Å². The van der Waals surface area contributed by atoms with Crippen LogP contribution in [0.15, 0.2) is 41.8 Å². The number of nitrogens with zero attached hydrogens (tertiary/aromatic N) is 3. The Morgan fingerprint density at radius 1 is 1.24 bits per heavy atom. The molecule has 3 aromatic rings. The number of hydrogen-bond donors (Lipinski definition) is 1. The summed E-state index contributed by atoms with van der Waals surface area (Å²) in [4.78, 5) is 29.6. The van der Waals surface area contributed by atoms with Crippen LogP contribution in [0.5, 0.6) is 0 Å². The van der Waals surface area contributed by atoms with Gasteiger partial charge in [-0.2, -0.15) is 5.10 Å². The number of thiophene rings is 1. The predicted molar refractivity (Wildman–Crippen MR) is 150 cm³/mol. The van der Waals surface area contributed by atoms with E-state index in [2.05, 4.69) is 43.6 Å². The van der Waals surface area contributed by atoms with Gasteiger partial charge in [0.2, 0.25) is 11.8 Å². The second-order valence-corrected chi connectivity index (χ2v) is 12.8. The van der Waals surface area contributed by atoms with Crippen LogP contribution in [0.1, 0.15) is 60.6 Å². The van der Waals surface area contributed by atoms with Gasteiger partial charge in [0, 0.05) is 29.0 Å². The van der Waals surface area contributed by atoms with Crippen molar-refractivity contribution >= 4 is 40.7 Å². The predicted octanol–water partition coefficient (Wildman–Crippen LogP) is 5.00. The quantitative estimate of drug-likeness (QED) is 0.478. The fourth-order valence-electron chi connectivity index (χ4n) is 4.91. The molecule has 9 heteroatoms. The molecule has 2 amide bonds. The number of nitrogens with one attached hydrogen (secondary N) is 1. The van der Waals surface area contributed by atoms with Gasteiger partial charge in [-0.05, 0) is 48.9 Å². The minimum absolute atomic E-state index is 0.0448. The van der Waals surface area contributed by atoms with E-state index in [1.807, 2.05) is 35.9 Å². The Hall–Kier alpha value is -2.62. The maximum Gasteiger partial charge on any atom is 0.240 e. The highest BCUT2D eigenvalue weighted by Crippen LogP contribution is 2.49. The van der Waals surface area contributed by atoms with Crippen LogP contribution in [0.25, 0.3) is 5.69 Å². The van der Waals surface area contributed by atoms with E-state index < -0.39 is 0 Å². The Morgan fingerprint density at radius 2 is 2.08 bits per heavy atom. The van der Waals surface area contributed by atoms with Crippen LogP contribution in [0.3, 0.4) is 0 Å². The smallest absolute Gasteiger partial charge is 0.240 e. The third-order valence-electron chi connectivity index (χ3n) is 6.70. The van der Waals surface area contributed by atoms with Crippen LogP contribution in [-0.2, 0) is 19.7 Å². The monoisotopic (exact) mass is 538 g/mol. The van der Waals surface area contributed by atoms with Gasteiger partial charge >= 0.3 is 0 Å². The van der Waals surface area contributed by atoms with Crippen LogP contribution in [-0.4, -0.2) is 53.1 Å². The molecule has 1 saturated heterocycles. The van der Waals surface area contributed by atoms with E-state index in [4.69, 9.17) is 9.84 Å². The van der Waals surface area contributed by atoms with Crippen molar-refractivity contribution in [3.63, 3.8) is 0 Å². The molecule has 2 aromatic heterocycles. The molecular formula is C28H34N4O3S2. The number of hydrogen-bond acceptors (Lipinski definition) is 6. The van der Waals surface area contributed by atoms with Gasteiger partial charge in [0.15, 0.2) is 0 Å². The molecule has 0 spiro atoms. The molecule has 5 rings (SSSR count). The zero-order valence-corrected chi connectivity index (χ0v) is 23.5. The number of fused-ring (bicyclic) bond motifs is 1. The minimum Gasteiger partial charge on any atom is -0.376 e. The summed E-state index contributed by atoms with van der Waals surface area (Å²) in [6.45, 7) is 9.64. The van der Waals surface area contributed by atoms with Gasteiger partial charge in [-0.1, -0.05) is 39.0 Å². The molecule has 4 heterocycles. The Kier molecular flexibility index (Phi) is 7.47. The molecular weight excluding hydrogens is 504 g/mol. The largest absolute Gasteiger partial charge is 0.376 e. The standard InChI is InChI=1S/C28H34N4O3S2/c1-18-8-5-9-19(14-18)32-27-24(26(30-32)28(2,3)4)25(21-11-7-13-36-21)37-17-23(34)31(27)16-22(33)29-15-20-10-6-12-35-20/h5,7-9,11,13-14,20,25H,6,10,12,15-17H2,1-4H3,(H,29,33). The van der Waals surface area contributed by atoms with Gasteiger partial charge in [-0.3, -0.25) is 14.5 Å². The highest BCUT2D eigenvalue weighted by atomic mass is 32.2. The van der Waals surface area contributed by atoms with E-state index in [0.29, 0.717) is 12.4 Å². The number of amides is 2. The molecule has 0 radical (unpaired) electrons. The molecule has 0 aliphatic carbocycles. The number of anilines is 1. The normalized spacial score (nSPS) is 20.1. The Labute approximate surface area is 226 Å². The van der Waals surface area contributed by atoms with Gasteiger partial charge in [0.25, 0.3) is 0 Å². The van der Waals surface area contributed by atoms with Crippen LogP contribution < -0.4 is 10.2 Å². The Morgan fingerprint density at radius 3 is 2.76 bits per heavy atom. The van der Waals surface area contributed by atoms with Crippen molar-refractivity contribution in [2.45, 2.75) is 57.3 Å². The van der Waals surface area contributed by atoms with Crippen LogP contribution >= 0.6 is 23.1 Å².